The molecule has 1 aromatic carbocycles. The van der Waals surface area contributed by atoms with Crippen LogP contribution in [0.4, 0.5) is 5.69 Å². The molecule has 0 aromatic heterocycles. The highest BCUT2D eigenvalue weighted by Gasteiger charge is 2.17. The molecule has 23 heavy (non-hydrogen) atoms. The van der Waals surface area contributed by atoms with Crippen molar-refractivity contribution in [3.8, 4) is 0 Å². The molecule has 4 N–H and O–H groups in total. The maximum absolute atomic E-state index is 12.0. The average molecular weight is 317 g/mol. The van der Waals surface area contributed by atoms with Crippen molar-refractivity contribution in [3.05, 3.63) is 29.3 Å². The first-order valence-electron chi connectivity index (χ1n) is 8.39. The Bertz CT molecular complexity index is 569. The Labute approximate surface area is 138 Å². The van der Waals surface area contributed by atoms with Gasteiger partial charge in [0.05, 0.1) is 6.42 Å². The highest BCUT2D eigenvalue weighted by atomic mass is 16.2. The summed E-state index contributed by atoms with van der Waals surface area (Å²) in [5.74, 6) is 0.639. The van der Waals surface area contributed by atoms with Crippen molar-refractivity contribution in [1.82, 2.24) is 5.32 Å². The predicted octanol–water partition coefficient (Wildman–Crippen LogP) is 1.99. The predicted molar refractivity (Wildman–Crippen MR) is 92.2 cm³/mol. The van der Waals surface area contributed by atoms with Gasteiger partial charge in [0.15, 0.2) is 0 Å². The molecule has 0 saturated heterocycles. The third-order valence-electron chi connectivity index (χ3n) is 4.07. The molecule has 0 bridgehead atoms. The summed E-state index contributed by atoms with van der Waals surface area (Å²) in [5.41, 5.74) is 8.84. The number of rotatable bonds is 8. The number of aryl methyl sites for hydroxylation is 1. The van der Waals surface area contributed by atoms with E-state index in [0.717, 1.165) is 30.5 Å². The summed E-state index contributed by atoms with van der Waals surface area (Å²) < 4.78 is 0. The third kappa shape index (κ3) is 5.36. The topological polar surface area (TPSA) is 84.2 Å². The van der Waals surface area contributed by atoms with Gasteiger partial charge in [-0.1, -0.05) is 26.0 Å². The molecule has 1 aromatic rings. The molecule has 5 nitrogen and oxygen atoms in total. The number of carbonyl (C=O) groups excluding carboxylic acids is 2. The van der Waals surface area contributed by atoms with Crippen LogP contribution in [0.2, 0.25) is 0 Å². The molecule has 0 fully saturated rings. The van der Waals surface area contributed by atoms with E-state index in [1.54, 1.807) is 0 Å². The number of benzene rings is 1. The van der Waals surface area contributed by atoms with E-state index in [9.17, 15) is 9.59 Å². The minimum absolute atomic E-state index is 0.0505. The number of hydrogen-bond donors (Lipinski definition) is 3. The van der Waals surface area contributed by atoms with Crippen LogP contribution in [0.25, 0.3) is 0 Å². The quantitative estimate of drug-likeness (QED) is 0.685. The molecule has 2 amide bonds. The van der Waals surface area contributed by atoms with Gasteiger partial charge < -0.3 is 16.4 Å². The molecule has 0 spiro atoms. The van der Waals surface area contributed by atoms with Gasteiger partial charge in [-0.25, -0.2) is 0 Å². The Morgan fingerprint density at radius 2 is 2.17 bits per heavy atom. The monoisotopic (exact) mass is 317 g/mol. The van der Waals surface area contributed by atoms with Crippen molar-refractivity contribution in [2.24, 2.45) is 11.7 Å². The van der Waals surface area contributed by atoms with Crippen LogP contribution in [-0.2, 0) is 22.4 Å². The standard InChI is InChI=1S/C18H27N3O2/c1-12(2)8-15(11-19)20-17(22)5-3-4-13-6-7-16-14(9-13)10-18(23)21-16/h6-7,9,12,15H,3-5,8,10-11,19H2,1-2H3,(H,20,22)(H,21,23). The summed E-state index contributed by atoms with van der Waals surface area (Å²) in [6.45, 7) is 4.74. The number of carbonyl (C=O) groups is 2. The van der Waals surface area contributed by atoms with Gasteiger partial charge in [0.2, 0.25) is 11.8 Å². The second-order valence-electron chi connectivity index (χ2n) is 6.70. The number of fused-ring (bicyclic) bond motifs is 1. The summed E-state index contributed by atoms with van der Waals surface area (Å²) in [6.07, 6.45) is 3.51. The molecule has 0 aliphatic carbocycles. The maximum atomic E-state index is 12.0. The lowest BCUT2D eigenvalue weighted by atomic mass is 10.0. The number of nitrogens with one attached hydrogen (secondary N) is 2. The van der Waals surface area contributed by atoms with E-state index in [1.165, 1.54) is 5.56 Å². The zero-order chi connectivity index (χ0) is 16.8. The normalized spacial score (nSPS) is 14.5. The van der Waals surface area contributed by atoms with Gasteiger partial charge in [0.25, 0.3) is 0 Å². The molecule has 1 atom stereocenters. The fraction of sp³-hybridized carbons (Fsp3) is 0.556. The minimum atomic E-state index is 0.0505. The summed E-state index contributed by atoms with van der Waals surface area (Å²) in [7, 11) is 0. The first kappa shape index (κ1) is 17.5. The van der Waals surface area contributed by atoms with Gasteiger partial charge >= 0.3 is 0 Å². The van der Waals surface area contributed by atoms with E-state index in [4.69, 9.17) is 5.73 Å². The summed E-state index contributed by atoms with van der Waals surface area (Å²) in [5, 5.41) is 5.84. The Balaban J connectivity index is 1.75. The van der Waals surface area contributed by atoms with Gasteiger partial charge in [-0.05, 0) is 42.4 Å². The number of hydrogen-bond acceptors (Lipinski definition) is 3. The second kappa shape index (κ2) is 8.11. The molecular formula is C18H27N3O2. The van der Waals surface area contributed by atoms with Gasteiger partial charge in [-0.2, -0.15) is 0 Å². The van der Waals surface area contributed by atoms with Gasteiger partial charge in [-0.15, -0.1) is 0 Å². The highest BCUT2D eigenvalue weighted by Crippen LogP contribution is 2.24. The number of anilines is 1. The Morgan fingerprint density at radius 3 is 2.87 bits per heavy atom. The van der Waals surface area contributed by atoms with E-state index in [-0.39, 0.29) is 17.9 Å². The molecule has 0 radical (unpaired) electrons. The first-order valence-corrected chi connectivity index (χ1v) is 8.39. The molecule has 1 aliphatic heterocycles. The lowest BCUT2D eigenvalue weighted by Crippen LogP contribution is -2.40. The molecule has 2 rings (SSSR count). The van der Waals surface area contributed by atoms with E-state index < -0.39 is 0 Å². The van der Waals surface area contributed by atoms with Gasteiger partial charge in [0.1, 0.15) is 0 Å². The van der Waals surface area contributed by atoms with Crippen LogP contribution in [0.15, 0.2) is 18.2 Å². The fourth-order valence-corrected chi connectivity index (χ4v) is 2.97. The molecule has 1 aliphatic rings. The minimum Gasteiger partial charge on any atom is -0.352 e. The van der Waals surface area contributed by atoms with Crippen LogP contribution in [-0.4, -0.2) is 24.4 Å². The van der Waals surface area contributed by atoms with Crippen LogP contribution < -0.4 is 16.4 Å². The van der Waals surface area contributed by atoms with Gasteiger partial charge in [0, 0.05) is 24.7 Å². The number of nitrogens with two attached hydrogens (primary N) is 1. The summed E-state index contributed by atoms with van der Waals surface area (Å²) in [6, 6.07) is 6.10. The number of amides is 2. The Hall–Kier alpha value is -1.88. The van der Waals surface area contributed by atoms with Gasteiger partial charge in [-0.3, -0.25) is 9.59 Å². The lowest BCUT2D eigenvalue weighted by molar-refractivity contribution is -0.122. The van der Waals surface area contributed by atoms with Crippen molar-refractivity contribution < 1.29 is 9.59 Å². The van der Waals surface area contributed by atoms with E-state index in [0.29, 0.717) is 25.3 Å². The van der Waals surface area contributed by atoms with Crippen LogP contribution in [0, 0.1) is 5.92 Å². The van der Waals surface area contributed by atoms with E-state index in [2.05, 4.69) is 30.5 Å². The summed E-state index contributed by atoms with van der Waals surface area (Å²) >= 11 is 0. The third-order valence-corrected chi connectivity index (χ3v) is 4.07. The Morgan fingerprint density at radius 1 is 1.39 bits per heavy atom. The van der Waals surface area contributed by atoms with Crippen LogP contribution in [0.1, 0.15) is 44.2 Å². The summed E-state index contributed by atoms with van der Waals surface area (Å²) in [4.78, 5) is 23.3. The van der Waals surface area contributed by atoms with E-state index in [1.807, 2.05) is 12.1 Å². The molecular weight excluding hydrogens is 290 g/mol. The molecule has 1 unspecified atom stereocenters. The van der Waals surface area contributed by atoms with Crippen LogP contribution in [0.5, 0.6) is 0 Å². The average Bonchev–Trinajstić information content (AvgIpc) is 2.85. The van der Waals surface area contributed by atoms with Crippen molar-refractivity contribution in [3.63, 3.8) is 0 Å². The van der Waals surface area contributed by atoms with E-state index >= 15 is 0 Å². The SMILES string of the molecule is CC(C)CC(CN)NC(=O)CCCc1ccc2c(c1)CC(=O)N2. The van der Waals surface area contributed by atoms with Crippen molar-refractivity contribution in [2.45, 2.75) is 52.0 Å². The zero-order valence-electron chi connectivity index (χ0n) is 14.0. The first-order chi connectivity index (χ1) is 11.0. The van der Waals surface area contributed by atoms with Crippen molar-refractivity contribution in [2.75, 3.05) is 11.9 Å². The highest BCUT2D eigenvalue weighted by molar-refractivity contribution is 5.99. The Kier molecular flexibility index (Phi) is 6.16. The molecule has 126 valence electrons. The molecule has 0 saturated carbocycles. The fourth-order valence-electron chi connectivity index (χ4n) is 2.97. The maximum Gasteiger partial charge on any atom is 0.228 e. The lowest BCUT2D eigenvalue weighted by Gasteiger charge is -2.18. The van der Waals surface area contributed by atoms with Crippen molar-refractivity contribution >= 4 is 17.5 Å². The second-order valence-corrected chi connectivity index (χ2v) is 6.70. The molecule has 5 heteroatoms. The zero-order valence-corrected chi connectivity index (χ0v) is 14.0. The smallest absolute Gasteiger partial charge is 0.228 e. The van der Waals surface area contributed by atoms with Crippen LogP contribution in [0.3, 0.4) is 0 Å². The molecule has 1 heterocycles. The van der Waals surface area contributed by atoms with Crippen molar-refractivity contribution in [1.29, 1.82) is 0 Å². The van der Waals surface area contributed by atoms with Crippen LogP contribution >= 0.6 is 0 Å². The largest absolute Gasteiger partial charge is 0.352 e.